The fourth-order valence-electron chi connectivity index (χ4n) is 1.18. The van der Waals surface area contributed by atoms with Gasteiger partial charge in [-0.1, -0.05) is 21.0 Å². The van der Waals surface area contributed by atoms with E-state index in [4.69, 9.17) is 5.26 Å². The molecule has 0 heterocycles. The Morgan fingerprint density at radius 1 is 1.47 bits per heavy atom. The van der Waals surface area contributed by atoms with Gasteiger partial charge in [0.05, 0.1) is 22.7 Å². The topological polar surface area (TPSA) is 72.8 Å². The minimum atomic E-state index is -3.25. The van der Waals surface area contributed by atoms with Crippen molar-refractivity contribution in [3.63, 3.8) is 0 Å². The summed E-state index contributed by atoms with van der Waals surface area (Å²) in [7, 11) is -3.25. The molecule has 0 unspecified atom stereocenters. The van der Waals surface area contributed by atoms with Crippen LogP contribution in [0.2, 0.25) is 0 Å². The van der Waals surface area contributed by atoms with Crippen LogP contribution in [0, 0.1) is 6.92 Å². The molecule has 0 saturated heterocycles. The Bertz CT molecular complexity index is 474. The van der Waals surface area contributed by atoms with Gasteiger partial charge >= 0.3 is 0 Å². The van der Waals surface area contributed by atoms with Gasteiger partial charge in [0.25, 0.3) is 0 Å². The van der Waals surface area contributed by atoms with Gasteiger partial charge in [-0.3, -0.25) is 0 Å². The summed E-state index contributed by atoms with van der Waals surface area (Å²) in [5.74, 6) is 0.0508. The molecule has 0 saturated carbocycles. The largest absolute Gasteiger partial charge is 0.224 e. The third-order valence-electron chi connectivity index (χ3n) is 2.01. The van der Waals surface area contributed by atoms with Crippen LogP contribution in [-0.4, -0.2) is 24.8 Å². The second-order valence-electron chi connectivity index (χ2n) is 3.16. The molecule has 0 radical (unpaired) electrons. The Morgan fingerprint density at radius 2 is 2.18 bits per heavy atom. The quantitative estimate of drug-likeness (QED) is 0.370. The molecule has 0 spiro atoms. The zero-order valence-corrected chi connectivity index (χ0v) is 12.1. The molecule has 0 aromatic heterocycles. The molecule has 1 N–H and O–H groups in total. The Hall–Kier alpha value is -0.120. The van der Waals surface area contributed by atoms with Crippen molar-refractivity contribution in [2.24, 2.45) is 0 Å². The molecule has 0 aliphatic rings. The molecule has 1 rings (SSSR count). The van der Waals surface area contributed by atoms with Crippen molar-refractivity contribution in [2.45, 2.75) is 16.7 Å². The summed E-state index contributed by atoms with van der Waals surface area (Å²) in [5.41, 5.74) is 0.725. The molecular formula is C9H11BrO5S2. The smallest absolute Gasteiger partial charge is 0.179 e. The molecule has 17 heavy (non-hydrogen) atoms. The van der Waals surface area contributed by atoms with Gasteiger partial charge in [-0.25, -0.2) is 13.7 Å². The average molecular weight is 343 g/mol. The number of rotatable bonds is 6. The maximum absolute atomic E-state index is 11.8. The van der Waals surface area contributed by atoms with E-state index in [9.17, 15) is 8.42 Å². The molecule has 0 amide bonds. The summed E-state index contributed by atoms with van der Waals surface area (Å²) in [6.45, 7) is 1.75. The highest BCUT2D eigenvalue weighted by molar-refractivity contribution is 9.09. The van der Waals surface area contributed by atoms with Crippen LogP contribution in [0.3, 0.4) is 0 Å². The van der Waals surface area contributed by atoms with Crippen LogP contribution in [0.1, 0.15) is 5.56 Å². The van der Waals surface area contributed by atoms with Gasteiger partial charge in [-0.15, -0.1) is 4.33 Å². The van der Waals surface area contributed by atoms with Crippen molar-refractivity contribution >= 4 is 37.8 Å². The first-order valence-electron chi connectivity index (χ1n) is 4.55. The summed E-state index contributed by atoms with van der Waals surface area (Å²) >= 11 is 3.91. The minimum Gasteiger partial charge on any atom is -0.224 e. The van der Waals surface area contributed by atoms with Gasteiger partial charge in [-0.05, 0) is 30.7 Å². The Kier molecular flexibility index (Phi) is 5.90. The summed E-state index contributed by atoms with van der Waals surface area (Å²) in [6, 6.07) is 4.65. The molecule has 5 nitrogen and oxygen atoms in total. The van der Waals surface area contributed by atoms with Crippen molar-refractivity contribution in [3.8, 4) is 0 Å². The highest BCUT2D eigenvalue weighted by Gasteiger charge is 2.14. The summed E-state index contributed by atoms with van der Waals surface area (Å²) in [4.78, 5) is 0.931. The Balaban J connectivity index is 2.96. The van der Waals surface area contributed by atoms with E-state index in [1.54, 1.807) is 19.1 Å². The molecule has 1 aromatic carbocycles. The summed E-state index contributed by atoms with van der Waals surface area (Å²) < 4.78 is 27.8. The molecule has 0 atom stereocenters. The fourth-order valence-corrected chi connectivity index (χ4v) is 3.95. The van der Waals surface area contributed by atoms with Crippen molar-refractivity contribution in [3.05, 3.63) is 23.8 Å². The number of halogens is 1. The van der Waals surface area contributed by atoms with Crippen LogP contribution >= 0.6 is 28.0 Å². The lowest BCUT2D eigenvalue weighted by Gasteiger charge is -2.06. The van der Waals surface area contributed by atoms with Crippen LogP contribution < -0.4 is 0 Å². The van der Waals surface area contributed by atoms with Gasteiger partial charge in [0, 0.05) is 10.2 Å². The number of alkyl halides is 1. The first-order chi connectivity index (χ1) is 8.01. The zero-order chi connectivity index (χ0) is 12.9. The van der Waals surface area contributed by atoms with E-state index in [1.165, 1.54) is 6.07 Å². The third kappa shape index (κ3) is 4.23. The van der Waals surface area contributed by atoms with Gasteiger partial charge in [-0.2, -0.15) is 0 Å². The van der Waals surface area contributed by atoms with Gasteiger partial charge < -0.3 is 0 Å². The van der Waals surface area contributed by atoms with Crippen LogP contribution in [0.5, 0.6) is 0 Å². The minimum absolute atomic E-state index is 0.0508. The molecule has 0 fully saturated rings. The average Bonchev–Trinajstić information content (AvgIpc) is 2.27. The summed E-state index contributed by atoms with van der Waals surface area (Å²) in [5, 5.41) is 11.9. The molecule has 1 aromatic rings. The van der Waals surface area contributed by atoms with E-state index in [2.05, 4.69) is 25.3 Å². The predicted octanol–water partition coefficient (Wildman–Crippen LogP) is 2.59. The van der Waals surface area contributed by atoms with E-state index in [0.717, 1.165) is 17.6 Å². The first kappa shape index (κ1) is 14.9. The Morgan fingerprint density at radius 3 is 2.71 bits per heavy atom. The van der Waals surface area contributed by atoms with Crippen LogP contribution in [-0.2, 0) is 19.2 Å². The Labute approximate surface area is 112 Å². The standard InChI is InChI=1S/C9H11BrO5S2/c1-7-6-8(17(12,13)5-4-10)2-3-9(7)16-15-14-11/h2-3,6,11H,4-5H2,1H3. The van der Waals surface area contributed by atoms with Crippen molar-refractivity contribution in [1.29, 1.82) is 0 Å². The van der Waals surface area contributed by atoms with E-state index in [1.807, 2.05) is 0 Å². The number of aryl methyl sites for hydroxylation is 1. The van der Waals surface area contributed by atoms with Gasteiger partial charge in [0.2, 0.25) is 0 Å². The second kappa shape index (κ2) is 6.72. The maximum atomic E-state index is 11.8. The van der Waals surface area contributed by atoms with Crippen molar-refractivity contribution in [2.75, 3.05) is 11.1 Å². The number of hydrogen-bond donors (Lipinski definition) is 1. The second-order valence-corrected chi connectivity index (χ2v) is 6.81. The first-order valence-corrected chi connectivity index (χ1v) is 8.07. The van der Waals surface area contributed by atoms with Crippen molar-refractivity contribution in [1.82, 2.24) is 0 Å². The SMILES string of the molecule is Cc1cc(S(=O)(=O)CCBr)ccc1SOOO. The molecule has 8 heteroatoms. The van der Waals surface area contributed by atoms with Crippen LogP contribution in [0.4, 0.5) is 0 Å². The molecular weight excluding hydrogens is 332 g/mol. The summed E-state index contributed by atoms with van der Waals surface area (Å²) in [6.07, 6.45) is 0. The number of hydrogen-bond acceptors (Lipinski definition) is 6. The highest BCUT2D eigenvalue weighted by atomic mass is 79.9. The van der Waals surface area contributed by atoms with E-state index in [0.29, 0.717) is 10.2 Å². The van der Waals surface area contributed by atoms with Crippen LogP contribution in [0.25, 0.3) is 0 Å². The van der Waals surface area contributed by atoms with E-state index >= 15 is 0 Å². The van der Waals surface area contributed by atoms with E-state index < -0.39 is 9.84 Å². The highest BCUT2D eigenvalue weighted by Crippen LogP contribution is 2.26. The molecule has 96 valence electrons. The maximum Gasteiger partial charge on any atom is 0.179 e. The lowest BCUT2D eigenvalue weighted by molar-refractivity contribution is -0.432. The fraction of sp³-hybridized carbons (Fsp3) is 0.333. The van der Waals surface area contributed by atoms with Crippen molar-refractivity contribution < 1.29 is 23.0 Å². The lowest BCUT2D eigenvalue weighted by Crippen LogP contribution is -2.07. The number of benzene rings is 1. The molecule has 0 aliphatic heterocycles. The number of sulfone groups is 1. The van der Waals surface area contributed by atoms with Crippen LogP contribution in [0.15, 0.2) is 28.0 Å². The van der Waals surface area contributed by atoms with Gasteiger partial charge in [0.15, 0.2) is 9.84 Å². The monoisotopic (exact) mass is 342 g/mol. The normalized spacial score (nSPS) is 11.7. The molecule has 0 aliphatic carbocycles. The third-order valence-corrected chi connectivity index (χ3v) is 5.41. The lowest BCUT2D eigenvalue weighted by atomic mass is 10.2. The molecule has 0 bridgehead atoms. The van der Waals surface area contributed by atoms with Gasteiger partial charge in [0.1, 0.15) is 0 Å². The predicted molar refractivity (Wildman–Crippen MR) is 67.7 cm³/mol. The zero-order valence-electron chi connectivity index (χ0n) is 8.92. The van der Waals surface area contributed by atoms with E-state index in [-0.39, 0.29) is 10.6 Å².